The Morgan fingerprint density at radius 1 is 1.35 bits per heavy atom. The first kappa shape index (κ1) is 26.3. The van der Waals surface area contributed by atoms with Gasteiger partial charge in [0.15, 0.2) is 19.7 Å². The summed E-state index contributed by atoms with van der Waals surface area (Å²) in [6.07, 6.45) is -2.83. The number of rotatable bonds is 5. The number of carbonyl (C=O) groups excluding carboxylic acids is 1. The lowest BCUT2D eigenvalue weighted by molar-refractivity contribution is -0.143. The zero-order chi connectivity index (χ0) is 23.8. The maximum Gasteiger partial charge on any atom is 0.416 e. The van der Waals surface area contributed by atoms with Crippen LogP contribution in [0.1, 0.15) is 41.5 Å². The third-order valence-electron chi connectivity index (χ3n) is 5.67. The van der Waals surface area contributed by atoms with Gasteiger partial charge in [-0.1, -0.05) is 38.6 Å². The molecule has 0 bridgehead atoms. The fraction of sp³-hybridized carbons (Fsp3) is 0.810. The molecular formula is C21H37FN2O5SSi. The molecule has 10 heteroatoms. The van der Waals surface area contributed by atoms with Crippen molar-refractivity contribution in [2.24, 2.45) is 4.99 Å². The molecule has 2 heterocycles. The van der Waals surface area contributed by atoms with E-state index in [1.54, 1.807) is 26.8 Å². The van der Waals surface area contributed by atoms with Crippen LogP contribution in [0.3, 0.4) is 0 Å². The van der Waals surface area contributed by atoms with Crippen molar-refractivity contribution in [1.29, 1.82) is 0 Å². The Labute approximate surface area is 190 Å². The molecule has 5 atom stereocenters. The van der Waals surface area contributed by atoms with E-state index in [0.717, 1.165) is 11.8 Å². The van der Waals surface area contributed by atoms with Gasteiger partial charge in [-0.3, -0.25) is 9.89 Å². The minimum atomic E-state index is -2.08. The molecule has 2 rings (SSSR count). The molecule has 2 aliphatic heterocycles. The van der Waals surface area contributed by atoms with Crippen LogP contribution >= 0.6 is 11.8 Å². The van der Waals surface area contributed by atoms with E-state index in [4.69, 9.17) is 13.9 Å². The van der Waals surface area contributed by atoms with Crippen molar-refractivity contribution in [3.63, 3.8) is 0 Å². The minimum Gasteiger partial charge on any atom is -0.443 e. The van der Waals surface area contributed by atoms with Crippen LogP contribution in [0.4, 0.5) is 9.18 Å². The molecule has 31 heavy (non-hydrogen) atoms. The average Bonchev–Trinajstić information content (AvgIpc) is 3.02. The van der Waals surface area contributed by atoms with E-state index in [0.29, 0.717) is 5.17 Å². The lowest BCUT2D eigenvalue weighted by atomic mass is 10.0. The number of aliphatic imine (C=N–C) groups is 1. The van der Waals surface area contributed by atoms with E-state index in [-0.39, 0.29) is 18.2 Å². The quantitative estimate of drug-likeness (QED) is 0.470. The highest BCUT2D eigenvalue weighted by molar-refractivity contribution is 8.14. The number of halogens is 1. The monoisotopic (exact) mass is 476 g/mol. The first-order chi connectivity index (χ1) is 14.1. The highest BCUT2D eigenvalue weighted by atomic mass is 32.2. The SMILES string of the molecule is C=CCN(C(=O)OC(C)(C)C)C1=N[C@@H]2[C@@H](F)[C@H](O)[C@@H](CO[Si](C)(C)C(C)(C)C)O[C@@H]2S1. The first-order valence-electron chi connectivity index (χ1n) is 10.5. The second-order valence-electron chi connectivity index (χ2n) is 10.4. The fourth-order valence-electron chi connectivity index (χ4n) is 2.84. The molecule has 1 saturated heterocycles. The van der Waals surface area contributed by atoms with Crippen LogP contribution in [-0.4, -0.2) is 78.2 Å². The molecule has 0 radical (unpaired) electrons. The van der Waals surface area contributed by atoms with Crippen LogP contribution in [0.5, 0.6) is 0 Å². The third-order valence-corrected chi connectivity index (χ3v) is 11.3. The van der Waals surface area contributed by atoms with E-state index in [9.17, 15) is 9.90 Å². The van der Waals surface area contributed by atoms with Crippen LogP contribution in [-0.2, 0) is 13.9 Å². The highest BCUT2D eigenvalue weighted by Gasteiger charge is 2.51. The maximum absolute atomic E-state index is 15.1. The van der Waals surface area contributed by atoms with Gasteiger partial charge in [0.05, 0.1) is 6.61 Å². The van der Waals surface area contributed by atoms with Gasteiger partial charge in [-0.15, -0.1) is 6.58 Å². The van der Waals surface area contributed by atoms with Gasteiger partial charge in [-0.05, 0) is 38.9 Å². The molecule has 1 N–H and O–H groups in total. The molecule has 0 aromatic heterocycles. The van der Waals surface area contributed by atoms with Gasteiger partial charge in [-0.2, -0.15) is 0 Å². The molecule has 2 aliphatic rings. The van der Waals surface area contributed by atoms with E-state index in [2.05, 4.69) is 45.4 Å². The number of hydrogen-bond donors (Lipinski definition) is 1. The number of carbonyl (C=O) groups is 1. The number of thioether (sulfide) groups is 1. The molecule has 1 amide bonds. The Morgan fingerprint density at radius 2 is 1.97 bits per heavy atom. The lowest BCUT2D eigenvalue weighted by Crippen LogP contribution is -2.55. The van der Waals surface area contributed by atoms with Crippen LogP contribution < -0.4 is 0 Å². The number of amides is 1. The summed E-state index contributed by atoms with van der Waals surface area (Å²) < 4.78 is 32.7. The molecule has 7 nitrogen and oxygen atoms in total. The van der Waals surface area contributed by atoms with Crippen molar-refractivity contribution in [3.8, 4) is 0 Å². The summed E-state index contributed by atoms with van der Waals surface area (Å²) in [5.74, 6) is 0. The zero-order valence-corrected chi connectivity index (χ0v) is 21.7. The van der Waals surface area contributed by atoms with Crippen molar-refractivity contribution in [2.45, 2.75) is 95.1 Å². The maximum atomic E-state index is 15.1. The largest absolute Gasteiger partial charge is 0.443 e. The molecule has 0 unspecified atom stereocenters. The second kappa shape index (κ2) is 9.50. The topological polar surface area (TPSA) is 80.6 Å². The predicted octanol–water partition coefficient (Wildman–Crippen LogP) is 4.33. The summed E-state index contributed by atoms with van der Waals surface area (Å²) in [7, 11) is -2.08. The Hall–Kier alpha value is -0.943. The highest BCUT2D eigenvalue weighted by Crippen LogP contribution is 2.41. The number of fused-ring (bicyclic) bond motifs is 1. The number of hydrogen-bond acceptors (Lipinski definition) is 7. The molecular weight excluding hydrogens is 439 g/mol. The summed E-state index contributed by atoms with van der Waals surface area (Å²) in [6, 6.07) is -0.908. The van der Waals surface area contributed by atoms with Crippen LogP contribution in [0.15, 0.2) is 17.6 Å². The smallest absolute Gasteiger partial charge is 0.416 e. The summed E-state index contributed by atoms with van der Waals surface area (Å²) in [4.78, 5) is 18.3. The normalized spacial score (nSPS) is 29.2. The molecule has 0 aromatic rings. The van der Waals surface area contributed by atoms with Crippen molar-refractivity contribution in [3.05, 3.63) is 12.7 Å². The van der Waals surface area contributed by atoms with Gasteiger partial charge >= 0.3 is 6.09 Å². The van der Waals surface area contributed by atoms with Gasteiger partial charge in [0.2, 0.25) is 0 Å². The van der Waals surface area contributed by atoms with E-state index in [1.807, 2.05) is 0 Å². The number of nitrogens with zero attached hydrogens (tertiary/aromatic N) is 2. The molecule has 1 fully saturated rings. The van der Waals surface area contributed by atoms with Gasteiger partial charge in [0.1, 0.15) is 29.3 Å². The summed E-state index contributed by atoms with van der Waals surface area (Å²) in [6.45, 7) is 19.8. The van der Waals surface area contributed by atoms with Gasteiger partial charge in [0.25, 0.3) is 0 Å². The Kier molecular flexibility index (Phi) is 8.07. The third kappa shape index (κ3) is 6.31. The number of aliphatic hydroxyl groups excluding tert-OH is 1. The molecule has 0 spiro atoms. The van der Waals surface area contributed by atoms with Crippen LogP contribution in [0.25, 0.3) is 0 Å². The second-order valence-corrected chi connectivity index (χ2v) is 16.3. The Balaban J connectivity index is 2.12. The summed E-state index contributed by atoms with van der Waals surface area (Å²) >= 11 is 1.16. The molecule has 178 valence electrons. The number of alkyl halides is 1. The Morgan fingerprint density at radius 3 is 2.48 bits per heavy atom. The number of amidine groups is 1. The van der Waals surface area contributed by atoms with Crippen molar-refractivity contribution >= 4 is 31.3 Å². The molecule has 0 aromatic carbocycles. The summed E-state index contributed by atoms with van der Waals surface area (Å²) in [5.41, 5.74) is -1.34. The molecule has 0 saturated carbocycles. The van der Waals surface area contributed by atoms with Gasteiger partial charge < -0.3 is 19.0 Å². The van der Waals surface area contributed by atoms with Gasteiger partial charge in [0, 0.05) is 6.54 Å². The first-order valence-corrected chi connectivity index (χ1v) is 14.3. The van der Waals surface area contributed by atoms with Crippen molar-refractivity contribution in [2.75, 3.05) is 13.2 Å². The molecule has 0 aliphatic carbocycles. The van der Waals surface area contributed by atoms with E-state index < -0.39 is 49.9 Å². The number of ether oxygens (including phenoxy) is 2. The van der Waals surface area contributed by atoms with Crippen molar-refractivity contribution in [1.82, 2.24) is 4.90 Å². The summed E-state index contributed by atoms with van der Waals surface area (Å²) in [5, 5.41) is 10.8. The predicted molar refractivity (Wildman–Crippen MR) is 125 cm³/mol. The lowest BCUT2D eigenvalue weighted by Gasteiger charge is -2.41. The minimum absolute atomic E-state index is 0.0126. The van der Waals surface area contributed by atoms with E-state index >= 15 is 4.39 Å². The average molecular weight is 477 g/mol. The van der Waals surface area contributed by atoms with Gasteiger partial charge in [-0.25, -0.2) is 9.18 Å². The fourth-order valence-corrected chi connectivity index (χ4v) is 5.07. The number of aliphatic hydroxyl groups is 1. The van der Waals surface area contributed by atoms with Crippen molar-refractivity contribution < 1.29 is 28.2 Å². The van der Waals surface area contributed by atoms with Crippen LogP contribution in [0, 0.1) is 0 Å². The van der Waals surface area contributed by atoms with E-state index in [1.165, 1.54) is 4.90 Å². The Bertz CT molecular complexity index is 707. The zero-order valence-electron chi connectivity index (χ0n) is 19.8. The van der Waals surface area contributed by atoms with Crippen LogP contribution in [0.2, 0.25) is 18.1 Å². The standard InChI is InChI=1S/C21H37FN2O5SSi/c1-10-11-24(19(26)29-20(2,3)4)18-23-15-14(22)16(25)13(28-17(15)30-18)12-27-31(8,9)21(5,6)7/h10,13-17,25H,1,11-12H2,2-9H3/t13-,14-,15-,16-,17-/m1/s1.